The van der Waals surface area contributed by atoms with Gasteiger partial charge in [0, 0.05) is 16.1 Å². The maximum Gasteiger partial charge on any atom is 0.0453 e. The van der Waals surface area contributed by atoms with Gasteiger partial charge in [0.05, 0.1) is 0 Å². The van der Waals surface area contributed by atoms with E-state index in [1.807, 2.05) is 25.2 Å². The topological polar surface area (TPSA) is 12.0 Å². The van der Waals surface area contributed by atoms with Gasteiger partial charge in [-0.3, -0.25) is 0 Å². The van der Waals surface area contributed by atoms with Gasteiger partial charge in [-0.05, 0) is 37.6 Å². The predicted molar refractivity (Wildman–Crippen MR) is 86.4 cm³/mol. The lowest BCUT2D eigenvalue weighted by molar-refractivity contribution is 0.482. The molecule has 1 aromatic rings. The van der Waals surface area contributed by atoms with Crippen LogP contribution in [0.4, 0.5) is 0 Å². The van der Waals surface area contributed by atoms with Crippen LogP contribution in [0.3, 0.4) is 0 Å². The third-order valence-corrected chi connectivity index (χ3v) is 4.13. The molecule has 3 heteroatoms. The van der Waals surface area contributed by atoms with Gasteiger partial charge in [-0.2, -0.15) is 0 Å². The number of halogens is 2. The monoisotopic (exact) mass is 301 g/mol. The molecule has 19 heavy (non-hydrogen) atoms. The first-order valence-corrected chi connectivity index (χ1v) is 8.04. The van der Waals surface area contributed by atoms with Crippen molar-refractivity contribution in [3.05, 3.63) is 33.8 Å². The molecule has 0 aliphatic carbocycles. The molecule has 0 amide bonds. The van der Waals surface area contributed by atoms with E-state index in [9.17, 15) is 0 Å². The van der Waals surface area contributed by atoms with Crippen molar-refractivity contribution >= 4 is 23.2 Å². The average Bonchev–Trinajstić information content (AvgIpc) is 2.39. The normalized spacial score (nSPS) is 12.6. The summed E-state index contributed by atoms with van der Waals surface area (Å²) in [5, 5.41) is 4.87. The molecule has 1 unspecified atom stereocenters. The molecular formula is C16H25Cl2N. The second kappa shape index (κ2) is 9.63. The fourth-order valence-corrected chi connectivity index (χ4v) is 2.78. The van der Waals surface area contributed by atoms with Gasteiger partial charge in [-0.15, -0.1) is 0 Å². The standard InChI is InChI=1S/C16H25Cl2N/c1-3-4-5-6-7-8-15(19-2)11-13-9-10-14(17)12-16(13)18/h9-10,12,15,19H,3-8,11H2,1-2H3. The Morgan fingerprint density at radius 2 is 1.84 bits per heavy atom. The highest BCUT2D eigenvalue weighted by atomic mass is 35.5. The lowest BCUT2D eigenvalue weighted by Crippen LogP contribution is -2.27. The molecule has 1 rings (SSSR count). The molecule has 0 aromatic heterocycles. The molecule has 0 aliphatic heterocycles. The summed E-state index contributed by atoms with van der Waals surface area (Å²) >= 11 is 12.1. The van der Waals surface area contributed by atoms with Crippen molar-refractivity contribution in [2.75, 3.05) is 7.05 Å². The molecule has 0 heterocycles. The van der Waals surface area contributed by atoms with E-state index in [0.717, 1.165) is 11.4 Å². The van der Waals surface area contributed by atoms with Crippen LogP contribution in [0.25, 0.3) is 0 Å². The lowest BCUT2D eigenvalue weighted by Gasteiger charge is -2.17. The Labute approximate surface area is 127 Å². The number of benzene rings is 1. The van der Waals surface area contributed by atoms with Gasteiger partial charge in [-0.25, -0.2) is 0 Å². The van der Waals surface area contributed by atoms with Crippen LogP contribution >= 0.6 is 23.2 Å². The summed E-state index contributed by atoms with van der Waals surface area (Å²) in [7, 11) is 2.03. The van der Waals surface area contributed by atoms with E-state index in [1.54, 1.807) is 0 Å². The number of hydrogen-bond acceptors (Lipinski definition) is 1. The first-order chi connectivity index (χ1) is 9.17. The van der Waals surface area contributed by atoms with Gasteiger partial charge in [0.15, 0.2) is 0 Å². The Kier molecular flexibility index (Phi) is 8.52. The van der Waals surface area contributed by atoms with Crippen molar-refractivity contribution in [1.82, 2.24) is 5.32 Å². The molecule has 108 valence electrons. The molecule has 0 saturated heterocycles. The largest absolute Gasteiger partial charge is 0.317 e. The van der Waals surface area contributed by atoms with E-state index < -0.39 is 0 Å². The van der Waals surface area contributed by atoms with E-state index in [4.69, 9.17) is 23.2 Å². The second-order valence-electron chi connectivity index (χ2n) is 5.13. The highest BCUT2D eigenvalue weighted by Crippen LogP contribution is 2.23. The molecular weight excluding hydrogens is 277 g/mol. The van der Waals surface area contributed by atoms with E-state index in [-0.39, 0.29) is 0 Å². The summed E-state index contributed by atoms with van der Waals surface area (Å²) in [6.07, 6.45) is 8.81. The molecule has 0 radical (unpaired) electrons. The number of hydrogen-bond donors (Lipinski definition) is 1. The fraction of sp³-hybridized carbons (Fsp3) is 0.625. The van der Waals surface area contributed by atoms with Gasteiger partial charge < -0.3 is 5.32 Å². The van der Waals surface area contributed by atoms with E-state index in [0.29, 0.717) is 11.1 Å². The third-order valence-electron chi connectivity index (χ3n) is 3.55. The molecule has 0 saturated carbocycles. The third kappa shape index (κ3) is 6.65. The Bertz CT molecular complexity index is 366. The smallest absolute Gasteiger partial charge is 0.0453 e. The summed E-state index contributed by atoms with van der Waals surface area (Å²) in [5.74, 6) is 0. The molecule has 0 fully saturated rings. The van der Waals surface area contributed by atoms with Crippen LogP contribution in [0.5, 0.6) is 0 Å². The van der Waals surface area contributed by atoms with Gasteiger partial charge in [0.1, 0.15) is 0 Å². The number of unbranched alkanes of at least 4 members (excludes halogenated alkanes) is 4. The SMILES string of the molecule is CCCCCCCC(Cc1ccc(Cl)cc1Cl)NC. The van der Waals surface area contributed by atoms with E-state index in [1.165, 1.54) is 44.1 Å². The quantitative estimate of drug-likeness (QED) is 0.595. The zero-order valence-electron chi connectivity index (χ0n) is 12.0. The Hall–Kier alpha value is -0.240. The van der Waals surface area contributed by atoms with Crippen molar-refractivity contribution in [1.29, 1.82) is 0 Å². The van der Waals surface area contributed by atoms with Crippen LogP contribution in [-0.2, 0) is 6.42 Å². The maximum absolute atomic E-state index is 6.22. The summed E-state index contributed by atoms with van der Waals surface area (Å²) < 4.78 is 0. The van der Waals surface area contributed by atoms with Crippen molar-refractivity contribution in [3.8, 4) is 0 Å². The Morgan fingerprint density at radius 1 is 1.11 bits per heavy atom. The van der Waals surface area contributed by atoms with Crippen LogP contribution in [-0.4, -0.2) is 13.1 Å². The number of nitrogens with one attached hydrogen (secondary N) is 1. The molecule has 1 nitrogen and oxygen atoms in total. The van der Waals surface area contributed by atoms with Gasteiger partial charge in [0.2, 0.25) is 0 Å². The van der Waals surface area contributed by atoms with Crippen LogP contribution in [0.2, 0.25) is 10.0 Å². The summed E-state index contributed by atoms with van der Waals surface area (Å²) in [4.78, 5) is 0. The van der Waals surface area contributed by atoms with Crippen molar-refractivity contribution in [2.24, 2.45) is 0 Å². The van der Waals surface area contributed by atoms with Crippen molar-refractivity contribution in [3.63, 3.8) is 0 Å². The van der Waals surface area contributed by atoms with E-state index >= 15 is 0 Å². The lowest BCUT2D eigenvalue weighted by atomic mass is 10.00. The van der Waals surface area contributed by atoms with E-state index in [2.05, 4.69) is 12.2 Å². The number of likely N-dealkylation sites (N-methyl/N-ethyl adjacent to an activating group) is 1. The second-order valence-corrected chi connectivity index (χ2v) is 5.97. The first-order valence-electron chi connectivity index (χ1n) is 7.28. The summed E-state index contributed by atoms with van der Waals surface area (Å²) in [6, 6.07) is 6.27. The number of rotatable bonds is 9. The van der Waals surface area contributed by atoms with Gasteiger partial charge in [0.25, 0.3) is 0 Å². The molecule has 0 bridgehead atoms. The highest BCUT2D eigenvalue weighted by Gasteiger charge is 2.10. The first kappa shape index (κ1) is 16.8. The van der Waals surface area contributed by atoms with Gasteiger partial charge >= 0.3 is 0 Å². The summed E-state index contributed by atoms with van der Waals surface area (Å²) in [6.45, 7) is 2.25. The zero-order valence-corrected chi connectivity index (χ0v) is 13.5. The Balaban J connectivity index is 2.39. The van der Waals surface area contributed by atoms with Crippen LogP contribution in [0.15, 0.2) is 18.2 Å². The molecule has 1 atom stereocenters. The van der Waals surface area contributed by atoms with Crippen molar-refractivity contribution in [2.45, 2.75) is 57.9 Å². The Morgan fingerprint density at radius 3 is 2.47 bits per heavy atom. The molecule has 1 aromatic carbocycles. The predicted octanol–water partition coefficient (Wildman–Crippen LogP) is 5.48. The average molecular weight is 302 g/mol. The minimum absolute atomic E-state index is 0.500. The minimum atomic E-state index is 0.500. The molecule has 0 aliphatic rings. The van der Waals surface area contributed by atoms with Crippen LogP contribution < -0.4 is 5.32 Å². The molecule has 0 spiro atoms. The molecule has 1 N–H and O–H groups in total. The summed E-state index contributed by atoms with van der Waals surface area (Å²) in [5.41, 5.74) is 1.18. The maximum atomic E-state index is 6.22. The highest BCUT2D eigenvalue weighted by molar-refractivity contribution is 6.35. The van der Waals surface area contributed by atoms with Gasteiger partial charge in [-0.1, -0.05) is 68.3 Å². The fourth-order valence-electron chi connectivity index (χ4n) is 2.30. The zero-order chi connectivity index (χ0) is 14.1. The van der Waals surface area contributed by atoms with Crippen LogP contribution in [0, 0.1) is 0 Å². The van der Waals surface area contributed by atoms with Crippen LogP contribution in [0.1, 0.15) is 51.0 Å². The van der Waals surface area contributed by atoms with Crippen molar-refractivity contribution < 1.29 is 0 Å². The minimum Gasteiger partial charge on any atom is -0.317 e.